The molecule has 1 aromatic heterocycles. The van der Waals surface area contributed by atoms with E-state index in [1.807, 2.05) is 0 Å². The Bertz CT molecular complexity index is 386. The maximum atomic E-state index is 11.6. The van der Waals surface area contributed by atoms with Gasteiger partial charge in [-0.2, -0.15) is 0 Å². The number of carboxylic acid groups (broad SMARTS) is 1. The summed E-state index contributed by atoms with van der Waals surface area (Å²) in [4.78, 5) is 25.2. The number of aromatic nitrogens is 1. The van der Waals surface area contributed by atoms with Gasteiger partial charge in [0.2, 0.25) is 0 Å². The highest BCUT2D eigenvalue weighted by molar-refractivity contribution is 5.92. The Morgan fingerprint density at radius 3 is 2.81 bits per heavy atom. The maximum absolute atomic E-state index is 11.6. The zero-order valence-electron chi connectivity index (χ0n) is 8.77. The summed E-state index contributed by atoms with van der Waals surface area (Å²) in [5.74, 6) is -1.24. The topological polar surface area (TPSA) is 82.2 Å². The number of amides is 1. The van der Waals surface area contributed by atoms with Crippen LogP contribution in [0.1, 0.15) is 29.8 Å². The van der Waals surface area contributed by atoms with Gasteiger partial charge in [0.1, 0.15) is 5.69 Å². The Morgan fingerprint density at radius 1 is 1.44 bits per heavy atom. The van der Waals surface area contributed by atoms with Crippen LogP contribution < -0.4 is 5.32 Å². The smallest absolute Gasteiger partial charge is 0.306 e. The Balaban J connectivity index is 1.88. The van der Waals surface area contributed by atoms with Gasteiger partial charge < -0.3 is 15.4 Å². The molecule has 0 unspecified atom stereocenters. The summed E-state index contributed by atoms with van der Waals surface area (Å²) in [6.07, 6.45) is 3.60. The minimum Gasteiger partial charge on any atom is -0.481 e. The highest BCUT2D eigenvalue weighted by atomic mass is 16.4. The van der Waals surface area contributed by atoms with Crippen molar-refractivity contribution in [3.63, 3.8) is 0 Å². The average Bonchev–Trinajstić information content (AvgIpc) is 2.87. The molecule has 0 saturated heterocycles. The van der Waals surface area contributed by atoms with Gasteiger partial charge in [0.15, 0.2) is 0 Å². The van der Waals surface area contributed by atoms with Gasteiger partial charge in [-0.3, -0.25) is 9.59 Å². The number of rotatable bonds is 3. The van der Waals surface area contributed by atoms with E-state index in [-0.39, 0.29) is 17.9 Å². The average molecular weight is 222 g/mol. The monoisotopic (exact) mass is 222 g/mol. The Morgan fingerprint density at radius 2 is 2.25 bits per heavy atom. The summed E-state index contributed by atoms with van der Waals surface area (Å²) in [6, 6.07) is 3.43. The molecule has 0 radical (unpaired) electrons. The Labute approximate surface area is 92.9 Å². The third kappa shape index (κ3) is 2.24. The number of aliphatic carboxylic acids is 1. The van der Waals surface area contributed by atoms with Gasteiger partial charge in [0.05, 0.1) is 5.92 Å². The maximum Gasteiger partial charge on any atom is 0.306 e. The largest absolute Gasteiger partial charge is 0.481 e. The number of aromatic amines is 1. The molecule has 0 spiro atoms. The number of H-pyrrole nitrogens is 1. The fourth-order valence-electron chi connectivity index (χ4n) is 2.07. The van der Waals surface area contributed by atoms with Crippen molar-refractivity contribution in [2.24, 2.45) is 5.92 Å². The van der Waals surface area contributed by atoms with Crippen LogP contribution in [0, 0.1) is 5.92 Å². The first kappa shape index (κ1) is 10.7. The summed E-state index contributed by atoms with van der Waals surface area (Å²) >= 11 is 0. The first-order valence-electron chi connectivity index (χ1n) is 5.34. The van der Waals surface area contributed by atoms with E-state index in [9.17, 15) is 9.59 Å². The van der Waals surface area contributed by atoms with Crippen LogP contribution in [0.2, 0.25) is 0 Å². The molecule has 86 valence electrons. The molecule has 16 heavy (non-hydrogen) atoms. The van der Waals surface area contributed by atoms with Crippen molar-refractivity contribution in [3.05, 3.63) is 24.0 Å². The van der Waals surface area contributed by atoms with E-state index in [1.54, 1.807) is 18.3 Å². The molecule has 0 bridgehead atoms. The number of nitrogens with one attached hydrogen (secondary N) is 2. The highest BCUT2D eigenvalue weighted by Crippen LogP contribution is 2.25. The van der Waals surface area contributed by atoms with Crippen molar-refractivity contribution in [1.29, 1.82) is 0 Å². The van der Waals surface area contributed by atoms with Gasteiger partial charge in [-0.05, 0) is 31.4 Å². The summed E-state index contributed by atoms with van der Waals surface area (Å²) in [5, 5.41) is 11.7. The molecule has 3 N–H and O–H groups in total. The quantitative estimate of drug-likeness (QED) is 0.713. The number of carbonyl (C=O) groups excluding carboxylic acids is 1. The van der Waals surface area contributed by atoms with E-state index in [4.69, 9.17) is 5.11 Å². The van der Waals surface area contributed by atoms with Gasteiger partial charge in [-0.25, -0.2) is 0 Å². The number of hydrogen-bond acceptors (Lipinski definition) is 2. The summed E-state index contributed by atoms with van der Waals surface area (Å²) < 4.78 is 0. The Hall–Kier alpha value is -1.78. The highest BCUT2D eigenvalue weighted by Gasteiger charge is 2.30. The summed E-state index contributed by atoms with van der Waals surface area (Å²) in [6.45, 7) is 0. The molecule has 1 aliphatic carbocycles. The molecular formula is C11H14N2O3. The summed E-state index contributed by atoms with van der Waals surface area (Å²) in [5.41, 5.74) is 0.513. The van der Waals surface area contributed by atoms with Crippen molar-refractivity contribution >= 4 is 11.9 Å². The van der Waals surface area contributed by atoms with E-state index in [0.29, 0.717) is 18.5 Å². The third-order valence-electron chi connectivity index (χ3n) is 2.96. The van der Waals surface area contributed by atoms with Crippen molar-refractivity contribution < 1.29 is 14.7 Å². The standard InChI is InChI=1S/C11H14N2O3/c14-10(9-2-1-5-12-9)13-8-4-3-7(6-8)11(15)16/h1-2,5,7-8,12H,3-4,6H2,(H,13,14)(H,15,16)/t7-,8+/m0/s1. The van der Waals surface area contributed by atoms with Crippen molar-refractivity contribution in [3.8, 4) is 0 Å². The summed E-state index contributed by atoms with van der Waals surface area (Å²) in [7, 11) is 0. The molecule has 0 aliphatic heterocycles. The zero-order chi connectivity index (χ0) is 11.5. The molecule has 5 heteroatoms. The zero-order valence-corrected chi connectivity index (χ0v) is 8.77. The lowest BCUT2D eigenvalue weighted by Gasteiger charge is -2.11. The molecule has 2 atom stereocenters. The van der Waals surface area contributed by atoms with E-state index >= 15 is 0 Å². The lowest BCUT2D eigenvalue weighted by molar-refractivity contribution is -0.141. The Kier molecular flexibility index (Phi) is 2.94. The fourth-order valence-corrected chi connectivity index (χ4v) is 2.07. The molecular weight excluding hydrogens is 208 g/mol. The molecule has 2 rings (SSSR count). The predicted molar refractivity (Wildman–Crippen MR) is 57.0 cm³/mol. The van der Waals surface area contributed by atoms with E-state index in [1.165, 1.54) is 0 Å². The molecule has 1 heterocycles. The van der Waals surface area contributed by atoms with Crippen LogP contribution in [0.3, 0.4) is 0 Å². The van der Waals surface area contributed by atoms with Crippen LogP contribution in [-0.2, 0) is 4.79 Å². The normalized spacial score (nSPS) is 24.2. The second-order valence-corrected chi connectivity index (χ2v) is 4.10. The van der Waals surface area contributed by atoms with Crippen LogP contribution in [0.15, 0.2) is 18.3 Å². The van der Waals surface area contributed by atoms with Crippen LogP contribution in [-0.4, -0.2) is 28.0 Å². The minimum atomic E-state index is -0.767. The van der Waals surface area contributed by atoms with Gasteiger partial charge in [0.25, 0.3) is 5.91 Å². The van der Waals surface area contributed by atoms with Crippen molar-refractivity contribution in [1.82, 2.24) is 10.3 Å². The lowest BCUT2D eigenvalue weighted by Crippen LogP contribution is -2.33. The lowest BCUT2D eigenvalue weighted by atomic mass is 10.1. The number of carboxylic acids is 1. The second kappa shape index (κ2) is 4.38. The molecule has 1 amide bonds. The van der Waals surface area contributed by atoms with Crippen molar-refractivity contribution in [2.75, 3.05) is 0 Å². The molecule has 1 aliphatic rings. The third-order valence-corrected chi connectivity index (χ3v) is 2.96. The molecule has 1 aromatic rings. The van der Waals surface area contributed by atoms with Gasteiger partial charge in [0, 0.05) is 12.2 Å². The molecule has 1 saturated carbocycles. The first-order chi connectivity index (χ1) is 7.66. The van der Waals surface area contributed by atoms with Crippen LogP contribution in [0.4, 0.5) is 0 Å². The van der Waals surface area contributed by atoms with E-state index in [2.05, 4.69) is 10.3 Å². The fraction of sp³-hybridized carbons (Fsp3) is 0.455. The van der Waals surface area contributed by atoms with E-state index < -0.39 is 5.97 Å². The number of hydrogen-bond donors (Lipinski definition) is 3. The SMILES string of the molecule is O=C(N[C@@H]1CC[C@H](C(=O)O)C1)c1ccc[nH]1. The van der Waals surface area contributed by atoms with Gasteiger partial charge in [-0.1, -0.05) is 0 Å². The molecule has 1 fully saturated rings. The van der Waals surface area contributed by atoms with Gasteiger partial charge >= 0.3 is 5.97 Å². The van der Waals surface area contributed by atoms with Crippen LogP contribution >= 0.6 is 0 Å². The van der Waals surface area contributed by atoms with E-state index in [0.717, 1.165) is 6.42 Å². The molecule has 0 aromatic carbocycles. The predicted octanol–water partition coefficient (Wildman–Crippen LogP) is 0.998. The first-order valence-corrected chi connectivity index (χ1v) is 5.34. The number of carbonyl (C=O) groups is 2. The minimum absolute atomic E-state index is 0.0168. The second-order valence-electron chi connectivity index (χ2n) is 4.10. The van der Waals surface area contributed by atoms with Crippen LogP contribution in [0.25, 0.3) is 0 Å². The van der Waals surface area contributed by atoms with Crippen molar-refractivity contribution in [2.45, 2.75) is 25.3 Å². The molecule has 5 nitrogen and oxygen atoms in total. The van der Waals surface area contributed by atoms with Crippen LogP contribution in [0.5, 0.6) is 0 Å². The van der Waals surface area contributed by atoms with Gasteiger partial charge in [-0.15, -0.1) is 0 Å².